The van der Waals surface area contributed by atoms with E-state index in [0.29, 0.717) is 0 Å². The van der Waals surface area contributed by atoms with Crippen LogP contribution in [0.25, 0.3) is 0 Å². The number of carbonyl (C=O) groups excluding carboxylic acids is 1. The Labute approximate surface area is 202 Å². The Morgan fingerprint density at radius 2 is 1.06 bits per heavy atom. The third kappa shape index (κ3) is 4.80. The van der Waals surface area contributed by atoms with E-state index in [-0.39, 0.29) is 5.91 Å². The molecule has 4 aromatic rings. The topological polar surface area (TPSA) is 49.3 Å². The first-order valence-corrected chi connectivity index (χ1v) is 11.7. The number of hydrogen-bond acceptors (Lipinski definition) is 2. The van der Waals surface area contributed by atoms with Crippen LogP contribution in [-0.2, 0) is 10.4 Å². The number of rotatable bonds is 7. The first-order chi connectivity index (χ1) is 16.4. The Kier molecular flexibility index (Phi) is 6.95. The molecule has 0 aliphatic carbocycles. The molecule has 0 unspecified atom stereocenters. The number of nitrogens with one attached hydrogen (secondary N) is 1. The molecular formula is C31H31NO2. The SMILES string of the molecule is Cc1ccc(C(O)(c2ccc(C)cc2)[C@H](C)NC(=O)C(c2ccccc2)c2ccccc2)cc1. The van der Waals surface area contributed by atoms with Crippen molar-refractivity contribution < 1.29 is 9.90 Å². The van der Waals surface area contributed by atoms with Gasteiger partial charge < -0.3 is 10.4 Å². The van der Waals surface area contributed by atoms with Crippen LogP contribution < -0.4 is 5.32 Å². The lowest BCUT2D eigenvalue weighted by Gasteiger charge is -2.36. The second-order valence-corrected chi connectivity index (χ2v) is 8.98. The van der Waals surface area contributed by atoms with Crippen molar-refractivity contribution >= 4 is 5.91 Å². The van der Waals surface area contributed by atoms with E-state index in [9.17, 15) is 9.90 Å². The third-order valence-electron chi connectivity index (χ3n) is 6.50. The van der Waals surface area contributed by atoms with Gasteiger partial charge in [-0.25, -0.2) is 0 Å². The molecule has 0 bridgehead atoms. The Morgan fingerprint density at radius 1 is 0.676 bits per heavy atom. The second kappa shape index (κ2) is 10.1. The minimum absolute atomic E-state index is 0.150. The standard InChI is InChI=1S/C31H31NO2/c1-22-14-18-27(19-15-22)31(34,28-20-16-23(2)17-21-28)24(3)32-30(33)29(25-10-6-4-7-11-25)26-12-8-5-9-13-26/h4-21,24,29,34H,1-3H3,(H,32,33)/t24-/m0/s1. The largest absolute Gasteiger partial charge is 0.378 e. The number of aliphatic hydroxyl groups is 1. The molecule has 34 heavy (non-hydrogen) atoms. The van der Waals surface area contributed by atoms with Crippen LogP contribution in [0.5, 0.6) is 0 Å². The minimum atomic E-state index is -1.39. The fourth-order valence-electron chi connectivity index (χ4n) is 4.47. The normalized spacial score (nSPS) is 12.4. The molecule has 0 saturated heterocycles. The highest BCUT2D eigenvalue weighted by atomic mass is 16.3. The van der Waals surface area contributed by atoms with Crippen molar-refractivity contribution in [2.75, 3.05) is 0 Å². The highest BCUT2D eigenvalue weighted by Gasteiger charge is 2.39. The van der Waals surface area contributed by atoms with E-state index in [2.05, 4.69) is 5.32 Å². The molecular weight excluding hydrogens is 418 g/mol. The lowest BCUT2D eigenvalue weighted by atomic mass is 9.79. The van der Waals surface area contributed by atoms with Gasteiger partial charge in [0.2, 0.25) is 5.91 Å². The van der Waals surface area contributed by atoms with Gasteiger partial charge in [0.25, 0.3) is 0 Å². The first-order valence-electron chi connectivity index (χ1n) is 11.7. The quantitative estimate of drug-likeness (QED) is 0.370. The molecule has 3 nitrogen and oxygen atoms in total. The van der Waals surface area contributed by atoms with Gasteiger partial charge >= 0.3 is 0 Å². The molecule has 0 radical (unpaired) electrons. The fourth-order valence-corrected chi connectivity index (χ4v) is 4.47. The van der Waals surface area contributed by atoms with Crippen LogP contribution in [-0.4, -0.2) is 17.1 Å². The molecule has 0 heterocycles. The number of amides is 1. The van der Waals surface area contributed by atoms with Crippen molar-refractivity contribution in [1.29, 1.82) is 0 Å². The maximum atomic E-state index is 13.7. The van der Waals surface area contributed by atoms with Gasteiger partial charge in [-0.1, -0.05) is 120 Å². The maximum Gasteiger partial charge on any atom is 0.232 e. The summed E-state index contributed by atoms with van der Waals surface area (Å²) in [5.74, 6) is -0.632. The van der Waals surface area contributed by atoms with E-state index >= 15 is 0 Å². The molecule has 0 aliphatic heterocycles. The molecule has 0 saturated carbocycles. The van der Waals surface area contributed by atoms with Crippen LogP contribution in [0.2, 0.25) is 0 Å². The summed E-state index contributed by atoms with van der Waals surface area (Å²) in [7, 11) is 0. The molecule has 4 aromatic carbocycles. The molecule has 0 spiro atoms. The zero-order valence-electron chi connectivity index (χ0n) is 19.9. The number of carbonyl (C=O) groups is 1. The molecule has 2 N–H and O–H groups in total. The van der Waals surface area contributed by atoms with E-state index in [1.807, 2.05) is 130 Å². The van der Waals surface area contributed by atoms with Gasteiger partial charge in [-0.3, -0.25) is 4.79 Å². The first kappa shape index (κ1) is 23.5. The van der Waals surface area contributed by atoms with Crippen molar-refractivity contribution in [2.24, 2.45) is 0 Å². The molecule has 3 heteroatoms. The molecule has 0 fully saturated rings. The van der Waals surface area contributed by atoms with Crippen molar-refractivity contribution in [3.05, 3.63) is 143 Å². The van der Waals surface area contributed by atoms with Gasteiger partial charge in [0.1, 0.15) is 5.60 Å². The molecule has 1 atom stereocenters. The van der Waals surface area contributed by atoms with E-state index < -0.39 is 17.6 Å². The van der Waals surface area contributed by atoms with Crippen LogP contribution in [0.3, 0.4) is 0 Å². The van der Waals surface area contributed by atoms with E-state index in [0.717, 1.165) is 33.4 Å². The fraction of sp³-hybridized carbons (Fsp3) is 0.194. The summed E-state index contributed by atoms with van der Waals surface area (Å²) in [6, 6.07) is 34.6. The van der Waals surface area contributed by atoms with Crippen LogP contribution in [0.15, 0.2) is 109 Å². The molecule has 0 aliphatic rings. The Balaban J connectivity index is 1.72. The highest BCUT2D eigenvalue weighted by Crippen LogP contribution is 2.34. The van der Waals surface area contributed by atoms with Gasteiger partial charge in [0.15, 0.2) is 0 Å². The van der Waals surface area contributed by atoms with Crippen molar-refractivity contribution in [3.8, 4) is 0 Å². The summed E-state index contributed by atoms with van der Waals surface area (Å²) in [6.45, 7) is 5.90. The number of benzene rings is 4. The average molecular weight is 450 g/mol. The molecule has 172 valence electrons. The lowest BCUT2D eigenvalue weighted by molar-refractivity contribution is -0.124. The number of hydrogen-bond donors (Lipinski definition) is 2. The summed E-state index contributed by atoms with van der Waals surface area (Å²) in [5, 5.41) is 15.3. The second-order valence-electron chi connectivity index (χ2n) is 8.98. The summed E-state index contributed by atoms with van der Waals surface area (Å²) in [6.07, 6.45) is 0. The Bertz CT molecular complexity index is 1130. The van der Waals surface area contributed by atoms with Gasteiger partial charge in [-0.2, -0.15) is 0 Å². The van der Waals surface area contributed by atoms with Crippen LogP contribution in [0, 0.1) is 13.8 Å². The van der Waals surface area contributed by atoms with Crippen molar-refractivity contribution in [3.63, 3.8) is 0 Å². The zero-order chi connectivity index (χ0) is 24.1. The van der Waals surface area contributed by atoms with Crippen LogP contribution in [0.1, 0.15) is 46.2 Å². The predicted octanol–water partition coefficient (Wildman–Crippen LogP) is 5.88. The molecule has 4 rings (SSSR count). The van der Waals surface area contributed by atoms with Crippen molar-refractivity contribution in [1.82, 2.24) is 5.32 Å². The number of aryl methyl sites for hydroxylation is 2. The van der Waals surface area contributed by atoms with Crippen LogP contribution in [0.4, 0.5) is 0 Å². The third-order valence-corrected chi connectivity index (χ3v) is 6.50. The average Bonchev–Trinajstić information content (AvgIpc) is 2.86. The van der Waals surface area contributed by atoms with Crippen LogP contribution >= 0.6 is 0 Å². The van der Waals surface area contributed by atoms with Gasteiger partial charge in [-0.05, 0) is 43.0 Å². The summed E-state index contributed by atoms with van der Waals surface area (Å²) >= 11 is 0. The van der Waals surface area contributed by atoms with E-state index in [1.165, 1.54) is 0 Å². The summed E-state index contributed by atoms with van der Waals surface area (Å²) in [4.78, 5) is 13.7. The van der Waals surface area contributed by atoms with Gasteiger partial charge in [0.05, 0.1) is 12.0 Å². The minimum Gasteiger partial charge on any atom is -0.378 e. The van der Waals surface area contributed by atoms with Crippen molar-refractivity contribution in [2.45, 2.75) is 38.3 Å². The van der Waals surface area contributed by atoms with E-state index in [4.69, 9.17) is 0 Å². The van der Waals surface area contributed by atoms with E-state index in [1.54, 1.807) is 0 Å². The predicted molar refractivity (Wildman–Crippen MR) is 138 cm³/mol. The zero-order valence-corrected chi connectivity index (χ0v) is 19.9. The molecule has 1 amide bonds. The smallest absolute Gasteiger partial charge is 0.232 e. The maximum absolute atomic E-state index is 13.7. The van der Waals surface area contributed by atoms with Gasteiger partial charge in [0, 0.05) is 0 Å². The highest BCUT2D eigenvalue weighted by molar-refractivity contribution is 5.87. The molecule has 0 aromatic heterocycles. The summed E-state index contributed by atoms with van der Waals surface area (Å²) < 4.78 is 0. The monoisotopic (exact) mass is 449 g/mol. The Morgan fingerprint density at radius 3 is 1.44 bits per heavy atom. The Hall–Kier alpha value is -3.69. The summed E-state index contributed by atoms with van der Waals surface area (Å²) in [5.41, 5.74) is 4.13. The lowest BCUT2D eigenvalue weighted by Crippen LogP contribution is -2.50. The van der Waals surface area contributed by atoms with Gasteiger partial charge in [-0.15, -0.1) is 0 Å².